The number of rotatable bonds is 9. The van der Waals surface area contributed by atoms with Crippen LogP contribution in [-0.2, 0) is 21.4 Å². The summed E-state index contributed by atoms with van der Waals surface area (Å²) in [5.41, 5.74) is 5.82. The molecule has 0 saturated carbocycles. The zero-order valence-electron chi connectivity index (χ0n) is 23.1. The van der Waals surface area contributed by atoms with Crippen LogP contribution in [0.15, 0.2) is 61.3 Å². The Morgan fingerprint density at radius 1 is 0.977 bits per heavy atom. The predicted octanol–water partition coefficient (Wildman–Crippen LogP) is 4.55. The van der Waals surface area contributed by atoms with Gasteiger partial charge < -0.3 is 10.3 Å². The number of pyridine rings is 3. The molecule has 0 aliphatic heterocycles. The van der Waals surface area contributed by atoms with Gasteiger partial charge in [-0.2, -0.15) is 5.10 Å². The number of benzene rings is 1. The Morgan fingerprint density at radius 2 is 1.81 bits per heavy atom. The van der Waals surface area contributed by atoms with Gasteiger partial charge in [-0.25, -0.2) is 22.5 Å². The van der Waals surface area contributed by atoms with Crippen molar-refractivity contribution in [2.45, 2.75) is 26.3 Å². The molecule has 6 aromatic rings. The number of H-pyrrole nitrogens is 2. The quantitative estimate of drug-likeness (QED) is 0.187. The summed E-state index contributed by atoms with van der Waals surface area (Å²) in [6.07, 6.45) is 10.3. The van der Waals surface area contributed by atoms with E-state index in [0.29, 0.717) is 68.1 Å². The first-order valence-electron chi connectivity index (χ1n) is 13.3. The Balaban J connectivity index is 1.37. The van der Waals surface area contributed by atoms with Gasteiger partial charge in [-0.1, -0.05) is 6.92 Å². The van der Waals surface area contributed by atoms with Crippen LogP contribution in [0, 0.1) is 5.82 Å². The molecule has 4 N–H and O–H groups in total. The number of amides is 1. The maximum absolute atomic E-state index is 14.6. The maximum atomic E-state index is 14.6. The van der Waals surface area contributed by atoms with Gasteiger partial charge in [-0.05, 0) is 47.9 Å². The molecule has 0 fully saturated rings. The molecule has 0 aliphatic rings. The Hall–Kier alpha value is -5.08. The summed E-state index contributed by atoms with van der Waals surface area (Å²) in [6.45, 7) is 1.88. The van der Waals surface area contributed by atoms with Gasteiger partial charge in [0, 0.05) is 41.9 Å². The van der Waals surface area contributed by atoms with E-state index >= 15 is 0 Å². The number of nitrogens with one attached hydrogen (secondary N) is 4. The number of carbonyl (C=O) groups excluding carboxylic acids is 1. The highest BCUT2D eigenvalue weighted by Gasteiger charge is 2.18. The standard InChI is InChI=1S/C29H26FN9O3S/c1-3-4-26(40)35-20-8-18(11-31-12-20)23-9-21-24(15-33-23)38-39-28(21)29-36-25-14-32-13-22(27(25)37-29)17-5-16(6-19(30)7-17)10-34-43(2,41)42/h5-9,11-15,34H,3-4,10H2,1-2H3,(H,35,40)(H,36,37)(H,38,39). The van der Waals surface area contributed by atoms with Crippen molar-refractivity contribution in [3.8, 4) is 33.9 Å². The van der Waals surface area contributed by atoms with Gasteiger partial charge in [0.25, 0.3) is 0 Å². The summed E-state index contributed by atoms with van der Waals surface area (Å²) in [5.74, 6) is -0.139. The number of aromatic amines is 2. The normalized spacial score (nSPS) is 11.8. The number of halogens is 1. The van der Waals surface area contributed by atoms with Crippen LogP contribution in [-0.4, -0.2) is 55.7 Å². The molecule has 0 saturated heterocycles. The molecule has 14 heteroatoms. The lowest BCUT2D eigenvalue weighted by atomic mass is 10.0. The van der Waals surface area contributed by atoms with E-state index in [9.17, 15) is 17.6 Å². The van der Waals surface area contributed by atoms with Gasteiger partial charge in [0.15, 0.2) is 5.82 Å². The number of hydrogen-bond acceptors (Lipinski definition) is 8. The average molecular weight is 600 g/mol. The minimum Gasteiger partial charge on any atom is -0.335 e. The third-order valence-electron chi connectivity index (χ3n) is 6.67. The maximum Gasteiger partial charge on any atom is 0.224 e. The molecular formula is C29H26FN9O3S. The van der Waals surface area contributed by atoms with Gasteiger partial charge in [0.1, 0.15) is 11.5 Å². The second kappa shape index (κ2) is 11.3. The van der Waals surface area contributed by atoms with Gasteiger partial charge in [-0.15, -0.1) is 0 Å². The van der Waals surface area contributed by atoms with Gasteiger partial charge >= 0.3 is 0 Å². The van der Waals surface area contributed by atoms with Crippen molar-refractivity contribution < 1.29 is 17.6 Å². The topological polar surface area (TPSA) is 171 Å². The van der Waals surface area contributed by atoms with Crippen LogP contribution >= 0.6 is 0 Å². The first-order chi connectivity index (χ1) is 20.7. The van der Waals surface area contributed by atoms with Crippen LogP contribution in [0.3, 0.4) is 0 Å². The van der Waals surface area contributed by atoms with E-state index in [1.54, 1.807) is 37.1 Å². The monoisotopic (exact) mass is 599 g/mol. The Bertz CT molecular complexity index is 2110. The first-order valence-corrected chi connectivity index (χ1v) is 15.2. The predicted molar refractivity (Wildman–Crippen MR) is 161 cm³/mol. The van der Waals surface area contributed by atoms with Crippen LogP contribution < -0.4 is 10.0 Å². The number of nitrogens with zero attached hydrogens (tertiary/aromatic N) is 5. The van der Waals surface area contributed by atoms with E-state index < -0.39 is 15.8 Å². The average Bonchev–Trinajstić information content (AvgIpc) is 3.59. The first kappa shape index (κ1) is 28.1. The molecule has 5 heterocycles. The molecule has 43 heavy (non-hydrogen) atoms. The summed E-state index contributed by atoms with van der Waals surface area (Å²) in [5, 5.41) is 11.1. The van der Waals surface area contributed by atoms with Crippen molar-refractivity contribution in [2.24, 2.45) is 0 Å². The fraction of sp³-hybridized carbons (Fsp3) is 0.172. The molecule has 6 rings (SSSR count). The van der Waals surface area contributed by atoms with Crippen molar-refractivity contribution in [2.75, 3.05) is 11.6 Å². The molecule has 0 radical (unpaired) electrons. The van der Waals surface area contributed by atoms with E-state index in [2.05, 4.69) is 40.2 Å². The zero-order chi connectivity index (χ0) is 30.1. The second-order valence-electron chi connectivity index (χ2n) is 10.1. The number of aromatic nitrogens is 7. The Kier molecular flexibility index (Phi) is 7.38. The largest absolute Gasteiger partial charge is 0.335 e. The number of imidazole rings is 1. The molecule has 0 unspecified atom stereocenters. The summed E-state index contributed by atoms with van der Waals surface area (Å²) in [7, 11) is -3.45. The molecule has 5 aromatic heterocycles. The van der Waals surface area contributed by atoms with Crippen molar-refractivity contribution in [3.63, 3.8) is 0 Å². The third kappa shape index (κ3) is 6.10. The lowest BCUT2D eigenvalue weighted by Gasteiger charge is -2.07. The second-order valence-corrected chi connectivity index (χ2v) is 11.9. The lowest BCUT2D eigenvalue weighted by Crippen LogP contribution is -2.21. The number of hydrogen-bond donors (Lipinski definition) is 4. The molecule has 12 nitrogen and oxygen atoms in total. The highest BCUT2D eigenvalue weighted by Crippen LogP contribution is 2.33. The zero-order valence-corrected chi connectivity index (χ0v) is 24.0. The fourth-order valence-electron chi connectivity index (χ4n) is 4.73. The summed E-state index contributed by atoms with van der Waals surface area (Å²) >= 11 is 0. The molecule has 1 amide bonds. The Morgan fingerprint density at radius 3 is 2.63 bits per heavy atom. The van der Waals surface area contributed by atoms with E-state index in [1.807, 2.05) is 19.1 Å². The number of carbonyl (C=O) groups is 1. The lowest BCUT2D eigenvalue weighted by molar-refractivity contribution is -0.116. The minimum absolute atomic E-state index is 0.0576. The van der Waals surface area contributed by atoms with Crippen molar-refractivity contribution in [1.29, 1.82) is 0 Å². The highest BCUT2D eigenvalue weighted by molar-refractivity contribution is 7.88. The number of anilines is 1. The van der Waals surface area contributed by atoms with Gasteiger partial charge in [-0.3, -0.25) is 24.8 Å². The van der Waals surface area contributed by atoms with Crippen LogP contribution in [0.2, 0.25) is 0 Å². The van der Waals surface area contributed by atoms with Crippen molar-refractivity contribution in [3.05, 3.63) is 72.7 Å². The highest BCUT2D eigenvalue weighted by atomic mass is 32.2. The van der Waals surface area contributed by atoms with E-state index in [1.165, 1.54) is 12.1 Å². The van der Waals surface area contributed by atoms with Gasteiger partial charge in [0.2, 0.25) is 15.9 Å². The van der Waals surface area contributed by atoms with Crippen molar-refractivity contribution >= 4 is 43.6 Å². The fourth-order valence-corrected chi connectivity index (χ4v) is 5.16. The third-order valence-corrected chi connectivity index (χ3v) is 7.34. The van der Waals surface area contributed by atoms with Gasteiger partial charge in [0.05, 0.1) is 52.8 Å². The minimum atomic E-state index is -3.45. The van der Waals surface area contributed by atoms with Crippen molar-refractivity contribution in [1.82, 2.24) is 39.8 Å². The molecule has 0 atom stereocenters. The van der Waals surface area contributed by atoms with E-state index in [-0.39, 0.29) is 12.5 Å². The molecule has 0 bridgehead atoms. The van der Waals surface area contributed by atoms with Crippen LogP contribution in [0.25, 0.3) is 55.8 Å². The molecule has 0 spiro atoms. The number of fused-ring (bicyclic) bond motifs is 2. The van der Waals surface area contributed by atoms with Crippen LogP contribution in [0.4, 0.5) is 10.1 Å². The summed E-state index contributed by atoms with van der Waals surface area (Å²) in [6, 6.07) is 8.00. The number of sulfonamides is 1. The molecule has 0 aliphatic carbocycles. The van der Waals surface area contributed by atoms with E-state index in [0.717, 1.165) is 18.1 Å². The molecular weight excluding hydrogens is 573 g/mol. The summed E-state index contributed by atoms with van der Waals surface area (Å²) < 4.78 is 40.0. The smallest absolute Gasteiger partial charge is 0.224 e. The van der Waals surface area contributed by atoms with E-state index in [4.69, 9.17) is 4.98 Å². The van der Waals surface area contributed by atoms with Crippen LogP contribution in [0.1, 0.15) is 25.3 Å². The van der Waals surface area contributed by atoms with Crippen LogP contribution in [0.5, 0.6) is 0 Å². The summed E-state index contributed by atoms with van der Waals surface area (Å²) in [4.78, 5) is 33.2. The SMILES string of the molecule is CCCC(=O)Nc1cncc(-c2cc3c(-c4nc5c(-c6cc(F)cc(CNS(C)(=O)=O)c6)cncc5[nH]4)n[nH]c3cn2)c1. The molecule has 218 valence electrons. The Labute approximate surface area is 245 Å². The molecule has 1 aromatic carbocycles.